The third kappa shape index (κ3) is 1.53. The Labute approximate surface area is 106 Å². The molecule has 0 radical (unpaired) electrons. The first-order valence-electron chi connectivity index (χ1n) is 6.00. The van der Waals surface area contributed by atoms with Crippen molar-refractivity contribution in [3.63, 3.8) is 0 Å². The highest BCUT2D eigenvalue weighted by molar-refractivity contribution is 6.06. The summed E-state index contributed by atoms with van der Waals surface area (Å²) in [5, 5.41) is 2.06. The normalized spacial score (nSPS) is 22.4. The van der Waals surface area contributed by atoms with Gasteiger partial charge >= 0.3 is 0 Å². The van der Waals surface area contributed by atoms with Gasteiger partial charge in [-0.05, 0) is 24.5 Å². The van der Waals surface area contributed by atoms with Crippen LogP contribution in [0.25, 0.3) is 10.8 Å². The first-order valence-corrected chi connectivity index (χ1v) is 6.00. The minimum Gasteiger partial charge on any atom is -0.482 e. The van der Waals surface area contributed by atoms with Crippen molar-refractivity contribution in [1.29, 1.82) is 0 Å². The number of ketones is 1. The predicted molar refractivity (Wildman–Crippen MR) is 72.1 cm³/mol. The van der Waals surface area contributed by atoms with Gasteiger partial charge in [0, 0.05) is 5.39 Å². The van der Waals surface area contributed by atoms with Gasteiger partial charge in [0.2, 0.25) is 0 Å². The maximum absolute atomic E-state index is 12.2. The lowest BCUT2D eigenvalue weighted by molar-refractivity contribution is 0.0736. The fourth-order valence-corrected chi connectivity index (χ4v) is 2.37. The summed E-state index contributed by atoms with van der Waals surface area (Å²) in [5.41, 5.74) is 0.0711. The van der Waals surface area contributed by atoms with Gasteiger partial charge in [0.15, 0.2) is 5.78 Å². The lowest BCUT2D eigenvalue weighted by Crippen LogP contribution is -2.37. The molecule has 1 heterocycles. The molecule has 0 amide bonds. The molecule has 0 bridgehead atoms. The second kappa shape index (κ2) is 3.70. The van der Waals surface area contributed by atoms with Gasteiger partial charge in [-0.1, -0.05) is 36.9 Å². The summed E-state index contributed by atoms with van der Waals surface area (Å²) in [5.74, 6) is 0.802. The third-order valence-electron chi connectivity index (χ3n) is 3.46. The lowest BCUT2D eigenvalue weighted by Gasteiger charge is -2.33. The van der Waals surface area contributed by atoms with E-state index in [1.165, 1.54) is 0 Å². The maximum atomic E-state index is 12.2. The molecular formula is C16H14O2. The van der Waals surface area contributed by atoms with E-state index in [1.807, 2.05) is 43.3 Å². The minimum atomic E-state index is -0.603. The first kappa shape index (κ1) is 11.0. The predicted octanol–water partition coefficient (Wildman–Crippen LogP) is 3.75. The number of hydrogen-bond donors (Lipinski definition) is 0. The van der Waals surface area contributed by atoms with Crippen LogP contribution in [-0.4, -0.2) is 11.4 Å². The second-order valence-electron chi connectivity index (χ2n) is 4.88. The van der Waals surface area contributed by atoms with E-state index in [1.54, 1.807) is 6.08 Å². The Morgan fingerprint density at radius 1 is 1.28 bits per heavy atom. The van der Waals surface area contributed by atoms with Gasteiger partial charge < -0.3 is 4.74 Å². The van der Waals surface area contributed by atoms with Crippen LogP contribution in [0.15, 0.2) is 49.1 Å². The van der Waals surface area contributed by atoms with E-state index in [2.05, 4.69) is 6.58 Å². The molecule has 0 spiro atoms. The number of benzene rings is 2. The molecule has 3 rings (SSSR count). The van der Waals surface area contributed by atoms with E-state index in [0.29, 0.717) is 17.7 Å². The van der Waals surface area contributed by atoms with Crippen molar-refractivity contribution in [2.75, 3.05) is 0 Å². The van der Waals surface area contributed by atoms with Crippen LogP contribution in [0.4, 0.5) is 0 Å². The summed E-state index contributed by atoms with van der Waals surface area (Å²) in [6, 6.07) is 11.7. The van der Waals surface area contributed by atoms with E-state index in [0.717, 1.165) is 10.8 Å². The number of ether oxygens (including phenoxy) is 1. The summed E-state index contributed by atoms with van der Waals surface area (Å²) in [6.07, 6.45) is 2.05. The quantitative estimate of drug-likeness (QED) is 0.707. The Hall–Kier alpha value is -2.09. The average Bonchev–Trinajstić information content (AvgIpc) is 2.38. The zero-order valence-electron chi connectivity index (χ0n) is 10.3. The highest BCUT2D eigenvalue weighted by Gasteiger charge is 2.34. The van der Waals surface area contributed by atoms with E-state index in [9.17, 15) is 4.79 Å². The molecule has 0 saturated heterocycles. The van der Waals surface area contributed by atoms with E-state index < -0.39 is 5.60 Å². The monoisotopic (exact) mass is 238 g/mol. The number of fused-ring (bicyclic) bond motifs is 3. The molecule has 0 fully saturated rings. The highest BCUT2D eigenvalue weighted by atomic mass is 16.5. The standard InChI is InChI=1S/C16H14O2/c1-3-16(2)10-14(17)13-9-8-11-6-4-5-7-12(11)15(13)18-16/h3-9H,1,10H2,2H3. The Bertz CT molecular complexity index is 657. The van der Waals surface area contributed by atoms with Crippen LogP contribution in [0.2, 0.25) is 0 Å². The van der Waals surface area contributed by atoms with E-state index in [-0.39, 0.29) is 5.78 Å². The Kier molecular flexibility index (Phi) is 2.27. The molecule has 1 atom stereocenters. The van der Waals surface area contributed by atoms with Crippen molar-refractivity contribution in [3.05, 3.63) is 54.6 Å². The Morgan fingerprint density at radius 2 is 2.06 bits per heavy atom. The number of Topliss-reactive ketones (excluding diaryl/α,β-unsaturated/α-hetero) is 1. The van der Waals surface area contributed by atoms with E-state index in [4.69, 9.17) is 4.74 Å². The van der Waals surface area contributed by atoms with Gasteiger partial charge in [-0.15, -0.1) is 0 Å². The molecule has 2 aromatic carbocycles. The number of carbonyl (C=O) groups is 1. The van der Waals surface area contributed by atoms with Crippen molar-refractivity contribution in [1.82, 2.24) is 0 Å². The topological polar surface area (TPSA) is 26.3 Å². The molecule has 2 nitrogen and oxygen atoms in total. The average molecular weight is 238 g/mol. The van der Waals surface area contributed by atoms with Crippen LogP contribution in [-0.2, 0) is 0 Å². The zero-order valence-corrected chi connectivity index (χ0v) is 10.3. The maximum Gasteiger partial charge on any atom is 0.170 e. The van der Waals surface area contributed by atoms with Crippen molar-refractivity contribution in [2.45, 2.75) is 18.9 Å². The summed E-state index contributed by atoms with van der Waals surface area (Å²) in [4.78, 5) is 12.2. The van der Waals surface area contributed by atoms with Crippen LogP contribution >= 0.6 is 0 Å². The molecule has 1 unspecified atom stereocenters. The number of carbonyl (C=O) groups excluding carboxylic acids is 1. The summed E-state index contributed by atoms with van der Waals surface area (Å²) >= 11 is 0. The minimum absolute atomic E-state index is 0.115. The third-order valence-corrected chi connectivity index (χ3v) is 3.46. The van der Waals surface area contributed by atoms with Crippen LogP contribution in [0.1, 0.15) is 23.7 Å². The van der Waals surface area contributed by atoms with Gasteiger partial charge in [0.05, 0.1) is 12.0 Å². The Morgan fingerprint density at radius 3 is 2.83 bits per heavy atom. The fraction of sp³-hybridized carbons (Fsp3) is 0.188. The lowest BCUT2D eigenvalue weighted by atomic mass is 9.90. The van der Waals surface area contributed by atoms with Crippen molar-refractivity contribution < 1.29 is 9.53 Å². The van der Waals surface area contributed by atoms with Crippen molar-refractivity contribution in [2.24, 2.45) is 0 Å². The molecule has 2 aromatic rings. The molecular weight excluding hydrogens is 224 g/mol. The van der Waals surface area contributed by atoms with Gasteiger partial charge in [0.25, 0.3) is 0 Å². The van der Waals surface area contributed by atoms with E-state index >= 15 is 0 Å². The molecule has 2 heteroatoms. The smallest absolute Gasteiger partial charge is 0.170 e. The van der Waals surface area contributed by atoms with Gasteiger partial charge in [-0.3, -0.25) is 4.79 Å². The van der Waals surface area contributed by atoms with Crippen LogP contribution in [0.5, 0.6) is 5.75 Å². The van der Waals surface area contributed by atoms with Crippen LogP contribution in [0.3, 0.4) is 0 Å². The summed E-state index contributed by atoms with van der Waals surface area (Å²) in [6.45, 7) is 5.66. The van der Waals surface area contributed by atoms with Crippen molar-refractivity contribution >= 4 is 16.6 Å². The molecule has 1 aliphatic heterocycles. The molecule has 0 saturated carbocycles. The largest absolute Gasteiger partial charge is 0.482 e. The molecule has 90 valence electrons. The second-order valence-corrected chi connectivity index (χ2v) is 4.88. The van der Waals surface area contributed by atoms with Crippen molar-refractivity contribution in [3.8, 4) is 5.75 Å². The van der Waals surface area contributed by atoms with Gasteiger partial charge in [0.1, 0.15) is 11.4 Å². The highest BCUT2D eigenvalue weighted by Crippen LogP contribution is 2.39. The zero-order chi connectivity index (χ0) is 12.8. The summed E-state index contributed by atoms with van der Waals surface area (Å²) in [7, 11) is 0. The fourth-order valence-electron chi connectivity index (χ4n) is 2.37. The SMILES string of the molecule is C=CC1(C)CC(=O)c2ccc3ccccc3c2O1. The molecule has 0 aromatic heterocycles. The molecule has 1 aliphatic rings. The summed E-state index contributed by atoms with van der Waals surface area (Å²) < 4.78 is 6.01. The Balaban J connectivity index is 2.30. The van der Waals surface area contributed by atoms with Crippen LogP contribution < -0.4 is 4.74 Å². The molecule has 0 aliphatic carbocycles. The number of hydrogen-bond acceptors (Lipinski definition) is 2. The first-order chi connectivity index (χ1) is 8.63. The number of rotatable bonds is 1. The molecule has 18 heavy (non-hydrogen) atoms. The van der Waals surface area contributed by atoms with Gasteiger partial charge in [-0.2, -0.15) is 0 Å². The van der Waals surface area contributed by atoms with Gasteiger partial charge in [-0.25, -0.2) is 0 Å². The molecule has 0 N–H and O–H groups in total. The van der Waals surface area contributed by atoms with Crippen LogP contribution in [0, 0.1) is 0 Å².